The standard InChI is InChI=1S/C12H17ClN4O2/c1-7(10(18)17-12(2,3)4)16-11(19)8-5-15-9(13)6-14-8/h5-7H,1-4H3,(H,16,19)(H,17,18). The Morgan fingerprint density at radius 3 is 2.37 bits per heavy atom. The Kier molecular flexibility index (Phi) is 4.83. The second-order valence-corrected chi connectivity index (χ2v) is 5.55. The molecule has 1 rings (SSSR count). The third-order valence-electron chi connectivity index (χ3n) is 2.09. The molecule has 19 heavy (non-hydrogen) atoms. The lowest BCUT2D eigenvalue weighted by Gasteiger charge is -2.23. The minimum atomic E-state index is -0.663. The second kappa shape index (κ2) is 5.97. The van der Waals surface area contributed by atoms with Crippen LogP contribution in [-0.4, -0.2) is 33.4 Å². The summed E-state index contributed by atoms with van der Waals surface area (Å²) in [6.45, 7) is 7.20. The smallest absolute Gasteiger partial charge is 0.272 e. The van der Waals surface area contributed by atoms with Crippen LogP contribution in [0, 0.1) is 0 Å². The van der Waals surface area contributed by atoms with Crippen LogP contribution in [0.4, 0.5) is 0 Å². The first-order valence-electron chi connectivity index (χ1n) is 5.79. The normalized spacial score (nSPS) is 12.7. The highest BCUT2D eigenvalue weighted by Crippen LogP contribution is 2.02. The van der Waals surface area contributed by atoms with Crippen molar-refractivity contribution in [3.8, 4) is 0 Å². The van der Waals surface area contributed by atoms with Crippen LogP contribution in [-0.2, 0) is 4.79 Å². The summed E-state index contributed by atoms with van der Waals surface area (Å²) in [7, 11) is 0. The Morgan fingerprint density at radius 2 is 1.89 bits per heavy atom. The van der Waals surface area contributed by atoms with Gasteiger partial charge in [-0.25, -0.2) is 9.97 Å². The molecule has 0 fully saturated rings. The Labute approximate surface area is 117 Å². The Bertz CT molecular complexity index is 468. The van der Waals surface area contributed by atoms with Crippen molar-refractivity contribution in [1.82, 2.24) is 20.6 Å². The van der Waals surface area contributed by atoms with E-state index in [1.807, 2.05) is 20.8 Å². The highest BCUT2D eigenvalue weighted by molar-refractivity contribution is 6.29. The summed E-state index contributed by atoms with van der Waals surface area (Å²) in [5.41, 5.74) is -0.240. The number of amides is 2. The van der Waals surface area contributed by atoms with E-state index in [4.69, 9.17) is 11.6 Å². The van der Waals surface area contributed by atoms with Gasteiger partial charge in [0.1, 0.15) is 16.9 Å². The fraction of sp³-hybridized carbons (Fsp3) is 0.500. The van der Waals surface area contributed by atoms with Gasteiger partial charge in [0.15, 0.2) is 0 Å². The van der Waals surface area contributed by atoms with Crippen LogP contribution in [0.3, 0.4) is 0 Å². The Hall–Kier alpha value is -1.69. The topological polar surface area (TPSA) is 84.0 Å². The highest BCUT2D eigenvalue weighted by Gasteiger charge is 2.21. The molecular weight excluding hydrogens is 268 g/mol. The number of hydrogen-bond acceptors (Lipinski definition) is 4. The molecule has 1 aromatic rings. The largest absolute Gasteiger partial charge is 0.350 e. The molecule has 0 saturated carbocycles. The van der Waals surface area contributed by atoms with Gasteiger partial charge in [-0.05, 0) is 27.7 Å². The summed E-state index contributed by atoms with van der Waals surface area (Å²) >= 11 is 5.58. The average molecular weight is 285 g/mol. The number of nitrogens with one attached hydrogen (secondary N) is 2. The minimum Gasteiger partial charge on any atom is -0.350 e. The molecule has 2 N–H and O–H groups in total. The van der Waals surface area contributed by atoms with Crippen LogP contribution in [0.5, 0.6) is 0 Å². The molecule has 0 bridgehead atoms. The lowest BCUT2D eigenvalue weighted by atomic mass is 10.1. The van der Waals surface area contributed by atoms with Crippen molar-refractivity contribution in [3.63, 3.8) is 0 Å². The van der Waals surface area contributed by atoms with E-state index in [-0.39, 0.29) is 22.3 Å². The SMILES string of the molecule is CC(NC(=O)c1cnc(Cl)cn1)C(=O)NC(C)(C)C. The average Bonchev–Trinajstić information content (AvgIpc) is 2.27. The van der Waals surface area contributed by atoms with Gasteiger partial charge in [-0.1, -0.05) is 11.6 Å². The van der Waals surface area contributed by atoms with Crippen LogP contribution in [0.15, 0.2) is 12.4 Å². The Morgan fingerprint density at radius 1 is 1.26 bits per heavy atom. The van der Waals surface area contributed by atoms with Gasteiger partial charge in [-0.15, -0.1) is 0 Å². The van der Waals surface area contributed by atoms with E-state index in [1.54, 1.807) is 6.92 Å². The van der Waals surface area contributed by atoms with Crippen LogP contribution in [0.25, 0.3) is 0 Å². The maximum atomic E-state index is 11.8. The molecule has 104 valence electrons. The van der Waals surface area contributed by atoms with E-state index < -0.39 is 11.9 Å². The molecule has 1 aromatic heterocycles. The number of carbonyl (C=O) groups excluding carboxylic acids is 2. The number of carbonyl (C=O) groups is 2. The van der Waals surface area contributed by atoms with Gasteiger partial charge in [0.2, 0.25) is 5.91 Å². The molecule has 2 amide bonds. The van der Waals surface area contributed by atoms with E-state index in [1.165, 1.54) is 12.4 Å². The van der Waals surface area contributed by atoms with E-state index in [0.29, 0.717) is 0 Å². The van der Waals surface area contributed by atoms with Crippen molar-refractivity contribution < 1.29 is 9.59 Å². The van der Waals surface area contributed by atoms with E-state index in [0.717, 1.165) is 0 Å². The monoisotopic (exact) mass is 284 g/mol. The molecule has 0 aromatic carbocycles. The molecule has 0 saturated heterocycles. The summed E-state index contributed by atoms with van der Waals surface area (Å²) in [4.78, 5) is 31.2. The summed E-state index contributed by atoms with van der Waals surface area (Å²) in [5, 5.41) is 5.52. The molecular formula is C12H17ClN4O2. The molecule has 1 unspecified atom stereocenters. The predicted octanol–water partition coefficient (Wildman–Crippen LogP) is 1.16. The van der Waals surface area contributed by atoms with Gasteiger partial charge in [-0.3, -0.25) is 9.59 Å². The number of aromatic nitrogens is 2. The van der Waals surface area contributed by atoms with Gasteiger partial charge in [0.25, 0.3) is 5.91 Å². The maximum Gasteiger partial charge on any atom is 0.272 e. The molecule has 0 aliphatic heterocycles. The van der Waals surface area contributed by atoms with Crippen molar-refractivity contribution in [2.45, 2.75) is 39.3 Å². The van der Waals surface area contributed by atoms with Crippen molar-refractivity contribution in [2.75, 3.05) is 0 Å². The zero-order chi connectivity index (χ0) is 14.6. The summed E-state index contributed by atoms with van der Waals surface area (Å²) in [6.07, 6.45) is 2.53. The fourth-order valence-electron chi connectivity index (χ4n) is 1.24. The van der Waals surface area contributed by atoms with E-state index >= 15 is 0 Å². The van der Waals surface area contributed by atoms with Crippen molar-refractivity contribution in [1.29, 1.82) is 0 Å². The van der Waals surface area contributed by atoms with Crippen molar-refractivity contribution in [3.05, 3.63) is 23.2 Å². The zero-order valence-corrected chi connectivity index (χ0v) is 12.1. The number of nitrogens with zero attached hydrogens (tertiary/aromatic N) is 2. The molecule has 7 heteroatoms. The molecule has 1 atom stereocenters. The number of hydrogen-bond donors (Lipinski definition) is 2. The van der Waals surface area contributed by atoms with Gasteiger partial charge in [0.05, 0.1) is 12.4 Å². The van der Waals surface area contributed by atoms with E-state index in [9.17, 15) is 9.59 Å². The van der Waals surface area contributed by atoms with Crippen LogP contribution in [0.1, 0.15) is 38.2 Å². The predicted molar refractivity (Wildman–Crippen MR) is 71.9 cm³/mol. The lowest BCUT2D eigenvalue weighted by Crippen LogP contribution is -2.50. The first-order valence-corrected chi connectivity index (χ1v) is 6.17. The minimum absolute atomic E-state index is 0.111. The fourth-order valence-corrected chi connectivity index (χ4v) is 1.34. The first-order chi connectivity index (χ1) is 8.69. The molecule has 0 radical (unpaired) electrons. The van der Waals surface area contributed by atoms with E-state index in [2.05, 4.69) is 20.6 Å². The lowest BCUT2D eigenvalue weighted by molar-refractivity contribution is -0.124. The van der Waals surface area contributed by atoms with Gasteiger partial charge >= 0.3 is 0 Å². The number of rotatable bonds is 3. The summed E-state index contributed by atoms with van der Waals surface area (Å²) in [5.74, 6) is -0.733. The molecule has 0 aliphatic carbocycles. The summed E-state index contributed by atoms with van der Waals surface area (Å²) < 4.78 is 0. The summed E-state index contributed by atoms with van der Waals surface area (Å²) in [6, 6.07) is -0.663. The molecule has 0 aliphatic rings. The molecule has 1 heterocycles. The van der Waals surface area contributed by atoms with Crippen LogP contribution < -0.4 is 10.6 Å². The van der Waals surface area contributed by atoms with Gasteiger partial charge in [-0.2, -0.15) is 0 Å². The Balaban J connectivity index is 2.61. The van der Waals surface area contributed by atoms with Crippen molar-refractivity contribution in [2.24, 2.45) is 0 Å². The quantitative estimate of drug-likeness (QED) is 0.872. The third kappa shape index (κ3) is 5.21. The highest BCUT2D eigenvalue weighted by atomic mass is 35.5. The van der Waals surface area contributed by atoms with Crippen LogP contribution in [0.2, 0.25) is 5.15 Å². The van der Waals surface area contributed by atoms with Gasteiger partial charge in [0, 0.05) is 5.54 Å². The molecule has 0 spiro atoms. The van der Waals surface area contributed by atoms with Crippen molar-refractivity contribution >= 4 is 23.4 Å². The first kappa shape index (κ1) is 15.4. The number of halogens is 1. The maximum absolute atomic E-state index is 11.8. The van der Waals surface area contributed by atoms with Gasteiger partial charge < -0.3 is 10.6 Å². The third-order valence-corrected chi connectivity index (χ3v) is 2.29. The second-order valence-electron chi connectivity index (χ2n) is 5.16. The zero-order valence-electron chi connectivity index (χ0n) is 11.3. The van der Waals surface area contributed by atoms with Crippen LogP contribution >= 0.6 is 11.6 Å². The molecule has 6 nitrogen and oxygen atoms in total.